The number of ether oxygens (including phenoxy) is 2. The Labute approximate surface area is 173 Å². The van der Waals surface area contributed by atoms with E-state index in [1.54, 1.807) is 7.11 Å². The SMILES string of the molecule is COc1ccccc1N1CCN(C(=O)NC(C)Oc2ccccc2C(C)C)CC1. The minimum atomic E-state index is -0.408. The van der Waals surface area contributed by atoms with Crippen LogP contribution in [0.5, 0.6) is 11.5 Å². The van der Waals surface area contributed by atoms with Gasteiger partial charge in [-0.25, -0.2) is 4.79 Å². The molecule has 0 aliphatic carbocycles. The summed E-state index contributed by atoms with van der Waals surface area (Å²) >= 11 is 0. The normalized spacial score (nSPS) is 15.2. The van der Waals surface area contributed by atoms with Crippen molar-refractivity contribution in [3.8, 4) is 11.5 Å². The van der Waals surface area contributed by atoms with Gasteiger partial charge in [0.25, 0.3) is 0 Å². The lowest BCUT2D eigenvalue weighted by Crippen LogP contribution is -2.54. The molecule has 0 saturated carbocycles. The molecule has 1 unspecified atom stereocenters. The van der Waals surface area contributed by atoms with Crippen LogP contribution in [0.25, 0.3) is 0 Å². The fraction of sp³-hybridized carbons (Fsp3) is 0.435. The van der Waals surface area contributed by atoms with Crippen LogP contribution in [0.1, 0.15) is 32.3 Å². The van der Waals surface area contributed by atoms with E-state index in [4.69, 9.17) is 9.47 Å². The van der Waals surface area contributed by atoms with E-state index in [2.05, 4.69) is 36.2 Å². The van der Waals surface area contributed by atoms with E-state index in [9.17, 15) is 4.79 Å². The molecule has 0 aromatic heterocycles. The van der Waals surface area contributed by atoms with E-state index < -0.39 is 6.23 Å². The zero-order chi connectivity index (χ0) is 20.8. The lowest BCUT2D eigenvalue weighted by molar-refractivity contribution is 0.150. The van der Waals surface area contributed by atoms with Gasteiger partial charge in [0.1, 0.15) is 11.5 Å². The maximum atomic E-state index is 12.7. The van der Waals surface area contributed by atoms with Gasteiger partial charge >= 0.3 is 6.03 Å². The molecule has 1 N–H and O–H groups in total. The van der Waals surface area contributed by atoms with Crippen molar-refractivity contribution in [2.75, 3.05) is 38.2 Å². The number of anilines is 1. The lowest BCUT2D eigenvalue weighted by Gasteiger charge is -2.37. The highest BCUT2D eigenvalue weighted by atomic mass is 16.5. The molecule has 0 bridgehead atoms. The molecule has 6 nitrogen and oxygen atoms in total. The molecular weight excluding hydrogens is 366 g/mol. The van der Waals surface area contributed by atoms with E-state index in [1.165, 1.54) is 0 Å². The molecule has 2 aromatic rings. The van der Waals surface area contributed by atoms with Gasteiger partial charge in [-0.1, -0.05) is 44.2 Å². The highest BCUT2D eigenvalue weighted by Gasteiger charge is 2.24. The summed E-state index contributed by atoms with van der Waals surface area (Å²) in [5.41, 5.74) is 2.20. The molecule has 1 atom stereocenters. The van der Waals surface area contributed by atoms with Gasteiger partial charge < -0.3 is 24.6 Å². The van der Waals surface area contributed by atoms with Crippen molar-refractivity contribution in [2.24, 2.45) is 0 Å². The van der Waals surface area contributed by atoms with Crippen LogP contribution in [0.4, 0.5) is 10.5 Å². The van der Waals surface area contributed by atoms with Crippen LogP contribution < -0.4 is 19.7 Å². The molecular formula is C23H31N3O3. The van der Waals surface area contributed by atoms with Crippen LogP contribution in [0.3, 0.4) is 0 Å². The first kappa shape index (κ1) is 20.8. The van der Waals surface area contributed by atoms with Crippen LogP contribution in [0.15, 0.2) is 48.5 Å². The van der Waals surface area contributed by atoms with Gasteiger partial charge in [0.15, 0.2) is 6.23 Å². The van der Waals surface area contributed by atoms with Gasteiger partial charge in [-0.15, -0.1) is 0 Å². The number of nitrogens with zero attached hydrogens (tertiary/aromatic N) is 2. The van der Waals surface area contributed by atoms with Crippen molar-refractivity contribution < 1.29 is 14.3 Å². The Morgan fingerprint density at radius 3 is 2.21 bits per heavy atom. The second kappa shape index (κ2) is 9.54. The number of hydrogen-bond acceptors (Lipinski definition) is 4. The minimum absolute atomic E-state index is 0.0980. The quantitative estimate of drug-likeness (QED) is 0.747. The Morgan fingerprint density at radius 1 is 0.931 bits per heavy atom. The predicted molar refractivity (Wildman–Crippen MR) is 116 cm³/mol. The van der Waals surface area contributed by atoms with E-state index in [0.29, 0.717) is 19.0 Å². The Hall–Kier alpha value is -2.89. The van der Waals surface area contributed by atoms with Crippen molar-refractivity contribution in [2.45, 2.75) is 32.9 Å². The summed E-state index contributed by atoms with van der Waals surface area (Å²) in [5, 5.41) is 2.96. The summed E-state index contributed by atoms with van der Waals surface area (Å²) < 4.78 is 11.5. The van der Waals surface area contributed by atoms with Crippen LogP contribution in [-0.2, 0) is 0 Å². The smallest absolute Gasteiger partial charge is 0.320 e. The van der Waals surface area contributed by atoms with Gasteiger partial charge in [-0.05, 0) is 36.6 Å². The predicted octanol–water partition coefficient (Wildman–Crippen LogP) is 4.08. The maximum absolute atomic E-state index is 12.7. The average molecular weight is 398 g/mol. The fourth-order valence-corrected chi connectivity index (χ4v) is 3.59. The number of para-hydroxylation sites is 3. The van der Waals surface area contributed by atoms with Crippen LogP contribution >= 0.6 is 0 Å². The second-order valence-corrected chi connectivity index (χ2v) is 7.55. The van der Waals surface area contributed by atoms with Crippen molar-refractivity contribution in [1.29, 1.82) is 0 Å². The third-order valence-corrected chi connectivity index (χ3v) is 5.16. The van der Waals surface area contributed by atoms with Gasteiger partial charge in [0.05, 0.1) is 12.8 Å². The molecule has 29 heavy (non-hydrogen) atoms. The van der Waals surface area contributed by atoms with Crippen molar-refractivity contribution in [1.82, 2.24) is 10.2 Å². The number of carbonyl (C=O) groups excluding carboxylic acids is 1. The molecule has 3 rings (SSSR count). The molecule has 1 saturated heterocycles. The summed E-state index contributed by atoms with van der Waals surface area (Å²) in [7, 11) is 1.68. The molecule has 1 aliphatic rings. The van der Waals surface area contributed by atoms with E-state index >= 15 is 0 Å². The zero-order valence-electron chi connectivity index (χ0n) is 17.7. The topological polar surface area (TPSA) is 54.0 Å². The summed E-state index contributed by atoms with van der Waals surface area (Å²) in [6.45, 7) is 8.95. The number of methoxy groups -OCH3 is 1. The van der Waals surface area contributed by atoms with Gasteiger partial charge in [0, 0.05) is 26.2 Å². The Balaban J connectivity index is 1.53. The van der Waals surface area contributed by atoms with Crippen molar-refractivity contribution in [3.05, 3.63) is 54.1 Å². The van der Waals surface area contributed by atoms with Gasteiger partial charge in [0.2, 0.25) is 0 Å². The maximum Gasteiger partial charge on any atom is 0.320 e. The number of carbonyl (C=O) groups is 1. The average Bonchev–Trinajstić information content (AvgIpc) is 2.74. The van der Waals surface area contributed by atoms with Gasteiger partial charge in [-0.2, -0.15) is 0 Å². The number of amides is 2. The summed E-state index contributed by atoms with van der Waals surface area (Å²) in [6, 6.07) is 15.9. The number of benzene rings is 2. The largest absolute Gasteiger partial charge is 0.495 e. The standard InChI is InChI=1S/C23H31N3O3/c1-17(2)19-9-5-7-11-21(19)29-18(3)24-23(27)26-15-13-25(14-16-26)20-10-6-8-12-22(20)28-4/h5-12,17-18H,13-16H2,1-4H3,(H,24,27). The molecule has 0 spiro atoms. The summed E-state index contributed by atoms with van der Waals surface area (Å²) in [6.07, 6.45) is -0.408. The summed E-state index contributed by atoms with van der Waals surface area (Å²) in [4.78, 5) is 16.8. The van der Waals surface area contributed by atoms with E-state index in [0.717, 1.165) is 35.8 Å². The Bertz CT molecular complexity index is 817. The molecule has 1 heterocycles. The Kier molecular flexibility index (Phi) is 6.86. The van der Waals surface area contributed by atoms with Crippen LogP contribution in [0, 0.1) is 0 Å². The number of hydrogen-bond donors (Lipinski definition) is 1. The van der Waals surface area contributed by atoms with E-state index in [1.807, 2.05) is 48.2 Å². The number of urea groups is 1. The summed E-state index contributed by atoms with van der Waals surface area (Å²) in [5.74, 6) is 2.03. The first-order valence-corrected chi connectivity index (χ1v) is 10.2. The molecule has 1 aliphatic heterocycles. The van der Waals surface area contributed by atoms with Crippen molar-refractivity contribution in [3.63, 3.8) is 0 Å². The third kappa shape index (κ3) is 5.13. The van der Waals surface area contributed by atoms with Gasteiger partial charge in [-0.3, -0.25) is 0 Å². The molecule has 0 radical (unpaired) electrons. The highest BCUT2D eigenvalue weighted by Crippen LogP contribution is 2.28. The number of rotatable bonds is 6. The van der Waals surface area contributed by atoms with Crippen LogP contribution in [-0.4, -0.2) is 50.4 Å². The monoisotopic (exact) mass is 397 g/mol. The zero-order valence-corrected chi connectivity index (χ0v) is 17.7. The second-order valence-electron chi connectivity index (χ2n) is 7.55. The first-order chi connectivity index (χ1) is 14.0. The molecule has 6 heteroatoms. The van der Waals surface area contributed by atoms with E-state index in [-0.39, 0.29) is 6.03 Å². The van der Waals surface area contributed by atoms with Crippen LogP contribution in [0.2, 0.25) is 0 Å². The minimum Gasteiger partial charge on any atom is -0.495 e. The molecule has 156 valence electrons. The molecule has 1 fully saturated rings. The lowest BCUT2D eigenvalue weighted by atomic mass is 10.0. The fourth-order valence-electron chi connectivity index (χ4n) is 3.59. The number of piperazine rings is 1. The Morgan fingerprint density at radius 2 is 1.55 bits per heavy atom. The molecule has 2 aromatic carbocycles. The number of nitrogens with one attached hydrogen (secondary N) is 1. The third-order valence-electron chi connectivity index (χ3n) is 5.16. The molecule has 2 amide bonds. The first-order valence-electron chi connectivity index (χ1n) is 10.2. The highest BCUT2D eigenvalue weighted by molar-refractivity contribution is 5.75. The van der Waals surface area contributed by atoms with Crippen molar-refractivity contribution >= 4 is 11.7 Å².